The highest BCUT2D eigenvalue weighted by Gasteiger charge is 2.30. The van der Waals surface area contributed by atoms with Gasteiger partial charge in [0.15, 0.2) is 5.12 Å². The molecule has 0 saturated carbocycles. The fourth-order valence-electron chi connectivity index (χ4n) is 1.05. The zero-order valence-electron chi connectivity index (χ0n) is 8.99. The molecule has 1 rings (SSSR count). The molecule has 0 aliphatic rings. The molecule has 0 atom stereocenters. The number of halogens is 3. The van der Waals surface area contributed by atoms with E-state index in [0.29, 0.717) is 11.3 Å². The van der Waals surface area contributed by atoms with Crippen molar-refractivity contribution >= 4 is 23.0 Å². The number of carbonyl (C=O) groups is 1. The van der Waals surface area contributed by atoms with E-state index in [1.807, 2.05) is 0 Å². The largest absolute Gasteiger partial charge is 0.417 e. The SMILES string of the molecule is CC(=O)SCC=Cc1cncc(C(F)(F)F)c1. The zero-order chi connectivity index (χ0) is 12.9. The minimum atomic E-state index is -4.38. The average molecular weight is 261 g/mol. The van der Waals surface area contributed by atoms with E-state index in [2.05, 4.69) is 4.98 Å². The number of hydrogen-bond acceptors (Lipinski definition) is 3. The lowest BCUT2D eigenvalue weighted by Gasteiger charge is -2.05. The Morgan fingerprint density at radius 3 is 2.76 bits per heavy atom. The van der Waals surface area contributed by atoms with Gasteiger partial charge < -0.3 is 0 Å². The minimum absolute atomic E-state index is 0.0307. The third kappa shape index (κ3) is 5.04. The fourth-order valence-corrected chi connectivity index (χ4v) is 1.48. The van der Waals surface area contributed by atoms with Crippen LogP contribution in [-0.2, 0) is 11.0 Å². The van der Waals surface area contributed by atoms with Gasteiger partial charge in [-0.3, -0.25) is 9.78 Å². The first kappa shape index (κ1) is 13.8. The quantitative estimate of drug-likeness (QED) is 0.835. The third-order valence-electron chi connectivity index (χ3n) is 1.78. The van der Waals surface area contributed by atoms with Crippen molar-refractivity contribution in [2.45, 2.75) is 13.1 Å². The van der Waals surface area contributed by atoms with E-state index in [0.717, 1.165) is 24.0 Å². The van der Waals surface area contributed by atoms with Gasteiger partial charge in [0.1, 0.15) is 0 Å². The molecule has 0 fully saturated rings. The first-order valence-corrected chi connectivity index (χ1v) is 5.70. The molecule has 0 N–H and O–H groups in total. The number of hydrogen-bond donors (Lipinski definition) is 0. The molecule has 1 heterocycles. The predicted octanol–water partition coefficient (Wildman–Crippen LogP) is 3.39. The molecule has 0 unspecified atom stereocenters. The topological polar surface area (TPSA) is 30.0 Å². The van der Waals surface area contributed by atoms with Gasteiger partial charge in [0.25, 0.3) is 0 Å². The smallest absolute Gasteiger partial charge is 0.288 e. The molecule has 17 heavy (non-hydrogen) atoms. The highest BCUT2D eigenvalue weighted by atomic mass is 32.2. The summed E-state index contributed by atoms with van der Waals surface area (Å²) in [7, 11) is 0. The second kappa shape index (κ2) is 5.86. The van der Waals surface area contributed by atoms with Crippen LogP contribution in [0.25, 0.3) is 6.08 Å². The summed E-state index contributed by atoms with van der Waals surface area (Å²) in [5.74, 6) is 0.436. The molecule has 1 aromatic rings. The molecule has 1 aromatic heterocycles. The Balaban J connectivity index is 2.69. The standard InChI is InChI=1S/C11H10F3NOS/c1-8(16)17-4-2-3-9-5-10(7-15-6-9)11(12,13)14/h2-3,5-7H,4H2,1H3. The number of thioether (sulfide) groups is 1. The van der Waals surface area contributed by atoms with Crippen LogP contribution in [0, 0.1) is 0 Å². The summed E-state index contributed by atoms with van der Waals surface area (Å²) < 4.78 is 37.0. The van der Waals surface area contributed by atoms with E-state index in [-0.39, 0.29) is 5.12 Å². The molecule has 6 heteroatoms. The molecule has 92 valence electrons. The van der Waals surface area contributed by atoms with Gasteiger partial charge in [0.2, 0.25) is 0 Å². The van der Waals surface area contributed by atoms with Gasteiger partial charge in [-0.15, -0.1) is 0 Å². The fraction of sp³-hybridized carbons (Fsp3) is 0.273. The van der Waals surface area contributed by atoms with Crippen molar-refractivity contribution in [2.75, 3.05) is 5.75 Å². The number of carbonyl (C=O) groups excluding carboxylic acids is 1. The summed E-state index contributed by atoms with van der Waals surface area (Å²) in [5, 5.41) is -0.0307. The van der Waals surface area contributed by atoms with Crippen LogP contribution >= 0.6 is 11.8 Å². The first-order valence-electron chi connectivity index (χ1n) is 4.72. The van der Waals surface area contributed by atoms with Crippen molar-refractivity contribution in [2.24, 2.45) is 0 Å². The van der Waals surface area contributed by atoms with Gasteiger partial charge in [-0.25, -0.2) is 0 Å². The molecule has 2 nitrogen and oxygen atoms in total. The van der Waals surface area contributed by atoms with Crippen LogP contribution in [0.4, 0.5) is 13.2 Å². The molecule has 0 bridgehead atoms. The zero-order valence-corrected chi connectivity index (χ0v) is 9.81. The van der Waals surface area contributed by atoms with Crippen molar-refractivity contribution in [1.29, 1.82) is 0 Å². The van der Waals surface area contributed by atoms with Crippen molar-refractivity contribution in [1.82, 2.24) is 4.98 Å². The molecule has 0 aliphatic heterocycles. The van der Waals surface area contributed by atoms with E-state index in [1.165, 1.54) is 19.2 Å². The van der Waals surface area contributed by atoms with E-state index < -0.39 is 11.7 Å². The summed E-state index contributed by atoms with van der Waals surface area (Å²) in [6.45, 7) is 1.43. The van der Waals surface area contributed by atoms with Gasteiger partial charge in [0, 0.05) is 25.1 Å². The average Bonchev–Trinajstić information content (AvgIpc) is 2.23. The molecule has 0 aromatic carbocycles. The second-order valence-electron chi connectivity index (χ2n) is 3.21. The third-order valence-corrected chi connectivity index (χ3v) is 2.55. The first-order chi connectivity index (χ1) is 7.89. The Kier molecular flexibility index (Phi) is 4.74. The highest BCUT2D eigenvalue weighted by Crippen LogP contribution is 2.29. The Bertz CT molecular complexity index is 429. The highest BCUT2D eigenvalue weighted by molar-refractivity contribution is 8.13. The number of alkyl halides is 3. The monoisotopic (exact) mass is 261 g/mol. The van der Waals surface area contributed by atoms with Crippen LogP contribution in [0.3, 0.4) is 0 Å². The van der Waals surface area contributed by atoms with Crippen LogP contribution in [0.2, 0.25) is 0 Å². The van der Waals surface area contributed by atoms with Crippen LogP contribution in [-0.4, -0.2) is 15.9 Å². The number of pyridine rings is 1. The maximum absolute atomic E-state index is 12.3. The van der Waals surface area contributed by atoms with E-state index >= 15 is 0 Å². The van der Waals surface area contributed by atoms with Crippen molar-refractivity contribution in [3.63, 3.8) is 0 Å². The summed E-state index contributed by atoms with van der Waals surface area (Å²) in [4.78, 5) is 14.1. The normalized spacial score (nSPS) is 12.0. The number of rotatable bonds is 3. The molecule has 0 spiro atoms. The summed E-state index contributed by atoms with van der Waals surface area (Å²) >= 11 is 1.09. The van der Waals surface area contributed by atoms with E-state index in [9.17, 15) is 18.0 Å². The summed E-state index contributed by atoms with van der Waals surface area (Å²) in [6, 6.07) is 1.02. The predicted molar refractivity (Wildman–Crippen MR) is 61.4 cm³/mol. The van der Waals surface area contributed by atoms with Crippen LogP contribution in [0.1, 0.15) is 18.1 Å². The van der Waals surface area contributed by atoms with E-state index in [1.54, 1.807) is 6.08 Å². The van der Waals surface area contributed by atoms with Crippen molar-refractivity contribution in [3.05, 3.63) is 35.7 Å². The Morgan fingerprint density at radius 1 is 1.47 bits per heavy atom. The van der Waals surface area contributed by atoms with Crippen LogP contribution in [0.5, 0.6) is 0 Å². The Hall–Kier alpha value is -1.30. The maximum atomic E-state index is 12.3. The molecular weight excluding hydrogens is 251 g/mol. The van der Waals surface area contributed by atoms with Gasteiger partial charge in [0.05, 0.1) is 5.56 Å². The Labute approximate surface area is 101 Å². The lowest BCUT2D eigenvalue weighted by molar-refractivity contribution is -0.137. The lowest BCUT2D eigenvalue weighted by Crippen LogP contribution is -2.05. The van der Waals surface area contributed by atoms with Gasteiger partial charge >= 0.3 is 6.18 Å². The molecular formula is C11H10F3NOS. The van der Waals surface area contributed by atoms with Crippen molar-refractivity contribution in [3.8, 4) is 0 Å². The lowest BCUT2D eigenvalue weighted by atomic mass is 10.2. The van der Waals surface area contributed by atoms with Gasteiger partial charge in [-0.1, -0.05) is 23.9 Å². The van der Waals surface area contributed by atoms with E-state index in [4.69, 9.17) is 0 Å². The molecule has 0 amide bonds. The maximum Gasteiger partial charge on any atom is 0.417 e. The molecule has 0 radical (unpaired) electrons. The minimum Gasteiger partial charge on any atom is -0.288 e. The molecule has 0 saturated heterocycles. The second-order valence-corrected chi connectivity index (χ2v) is 4.41. The van der Waals surface area contributed by atoms with Crippen molar-refractivity contribution < 1.29 is 18.0 Å². The molecule has 0 aliphatic carbocycles. The van der Waals surface area contributed by atoms with Gasteiger partial charge in [-0.2, -0.15) is 13.2 Å². The summed E-state index contributed by atoms with van der Waals surface area (Å²) in [5.41, 5.74) is -0.414. The van der Waals surface area contributed by atoms with Crippen LogP contribution < -0.4 is 0 Å². The van der Waals surface area contributed by atoms with Crippen LogP contribution in [0.15, 0.2) is 24.5 Å². The van der Waals surface area contributed by atoms with Gasteiger partial charge in [-0.05, 0) is 11.6 Å². The number of aromatic nitrogens is 1. The Morgan fingerprint density at radius 2 is 2.18 bits per heavy atom. The summed E-state index contributed by atoms with van der Waals surface area (Å²) in [6.07, 6.45) is 0.873. The number of nitrogens with zero attached hydrogens (tertiary/aromatic N) is 1.